The van der Waals surface area contributed by atoms with Crippen molar-refractivity contribution in [2.75, 3.05) is 14.1 Å². The maximum atomic E-state index is 2.58. The van der Waals surface area contributed by atoms with Crippen LogP contribution in [0, 0.1) is 0 Å². The molecule has 0 amide bonds. The lowest BCUT2D eigenvalue weighted by Gasteiger charge is -2.44. The topological polar surface area (TPSA) is 6.48 Å². The summed E-state index contributed by atoms with van der Waals surface area (Å²) in [7, 11) is 4.61. The number of likely N-dealkylation sites (N-methyl/N-ethyl adjacent to an activating group) is 2. The van der Waals surface area contributed by atoms with Crippen molar-refractivity contribution in [3.63, 3.8) is 0 Å². The number of rotatable bonds is 0. The highest BCUT2D eigenvalue weighted by molar-refractivity contribution is 5.27. The number of fused-ring (bicyclic) bond motifs is 2. The van der Waals surface area contributed by atoms with Crippen LogP contribution in [0.4, 0.5) is 0 Å². The SMILES string of the molecule is CN1Cc2ccccc2CN(C)[C@@H]2CCCC[C@H]21. The quantitative estimate of drug-likeness (QED) is 0.692. The minimum Gasteiger partial charge on any atom is -0.298 e. The number of nitrogens with zero attached hydrogens (tertiary/aromatic N) is 2. The Morgan fingerprint density at radius 2 is 1.28 bits per heavy atom. The van der Waals surface area contributed by atoms with Crippen LogP contribution in [-0.2, 0) is 13.1 Å². The molecule has 1 aromatic carbocycles. The second-order valence-electron chi connectivity index (χ2n) is 6.02. The fourth-order valence-electron chi connectivity index (χ4n) is 3.76. The smallest absolute Gasteiger partial charge is 0.0252 e. The number of benzene rings is 1. The maximum Gasteiger partial charge on any atom is 0.0252 e. The van der Waals surface area contributed by atoms with Gasteiger partial charge in [-0.15, -0.1) is 0 Å². The first-order valence-corrected chi connectivity index (χ1v) is 7.23. The van der Waals surface area contributed by atoms with Crippen LogP contribution in [0.25, 0.3) is 0 Å². The first-order chi connectivity index (χ1) is 8.75. The largest absolute Gasteiger partial charge is 0.298 e. The highest BCUT2D eigenvalue weighted by Gasteiger charge is 2.32. The molecule has 2 heteroatoms. The molecule has 0 spiro atoms. The molecule has 0 bridgehead atoms. The molecule has 2 nitrogen and oxygen atoms in total. The van der Waals surface area contributed by atoms with Gasteiger partial charge >= 0.3 is 0 Å². The van der Waals surface area contributed by atoms with E-state index in [1.165, 1.54) is 36.8 Å². The van der Waals surface area contributed by atoms with Crippen molar-refractivity contribution in [3.8, 4) is 0 Å². The lowest BCUT2D eigenvalue weighted by molar-refractivity contribution is 0.0619. The molecule has 18 heavy (non-hydrogen) atoms. The van der Waals surface area contributed by atoms with Crippen LogP contribution in [0.1, 0.15) is 36.8 Å². The predicted octanol–water partition coefficient (Wildman–Crippen LogP) is 2.88. The Morgan fingerprint density at radius 3 is 1.72 bits per heavy atom. The molecule has 1 aliphatic heterocycles. The minimum absolute atomic E-state index is 0.747. The third-order valence-corrected chi connectivity index (χ3v) is 4.78. The van der Waals surface area contributed by atoms with E-state index >= 15 is 0 Å². The Bertz CT molecular complexity index is 376. The van der Waals surface area contributed by atoms with Crippen molar-refractivity contribution < 1.29 is 0 Å². The second-order valence-corrected chi connectivity index (χ2v) is 6.02. The van der Waals surface area contributed by atoms with Gasteiger partial charge in [0.1, 0.15) is 0 Å². The van der Waals surface area contributed by atoms with E-state index in [0.29, 0.717) is 0 Å². The molecule has 1 aliphatic carbocycles. The van der Waals surface area contributed by atoms with Gasteiger partial charge in [-0.1, -0.05) is 37.1 Å². The fraction of sp³-hybridized carbons (Fsp3) is 0.625. The van der Waals surface area contributed by atoms with Crippen LogP contribution in [0.15, 0.2) is 24.3 Å². The predicted molar refractivity (Wildman–Crippen MR) is 75.4 cm³/mol. The molecule has 2 aliphatic rings. The van der Waals surface area contributed by atoms with E-state index in [9.17, 15) is 0 Å². The zero-order chi connectivity index (χ0) is 12.5. The van der Waals surface area contributed by atoms with Crippen LogP contribution in [0.2, 0.25) is 0 Å². The molecule has 1 fully saturated rings. The van der Waals surface area contributed by atoms with Crippen molar-refractivity contribution in [1.29, 1.82) is 0 Å². The van der Waals surface area contributed by atoms with E-state index in [-0.39, 0.29) is 0 Å². The molecule has 98 valence electrons. The van der Waals surface area contributed by atoms with Crippen molar-refractivity contribution in [2.45, 2.75) is 50.9 Å². The van der Waals surface area contributed by atoms with Gasteiger partial charge in [-0.05, 0) is 38.1 Å². The highest BCUT2D eigenvalue weighted by atomic mass is 15.2. The van der Waals surface area contributed by atoms with E-state index in [2.05, 4.69) is 48.2 Å². The van der Waals surface area contributed by atoms with E-state index < -0.39 is 0 Å². The Hall–Kier alpha value is -0.860. The molecular weight excluding hydrogens is 220 g/mol. The Labute approximate surface area is 111 Å². The van der Waals surface area contributed by atoms with Gasteiger partial charge < -0.3 is 0 Å². The summed E-state index contributed by atoms with van der Waals surface area (Å²) in [5.41, 5.74) is 3.02. The van der Waals surface area contributed by atoms with Crippen LogP contribution in [-0.4, -0.2) is 36.0 Å². The van der Waals surface area contributed by atoms with Crippen molar-refractivity contribution >= 4 is 0 Å². The van der Waals surface area contributed by atoms with Gasteiger partial charge in [0.15, 0.2) is 0 Å². The number of hydrogen-bond acceptors (Lipinski definition) is 2. The molecule has 0 N–H and O–H groups in total. The Balaban J connectivity index is 1.93. The van der Waals surface area contributed by atoms with Crippen LogP contribution < -0.4 is 0 Å². The second kappa shape index (κ2) is 5.02. The average molecular weight is 244 g/mol. The summed E-state index contributed by atoms with van der Waals surface area (Å²) in [4.78, 5) is 5.16. The standard InChI is InChI=1S/C16H24N2/c1-17-11-13-7-3-4-8-14(13)12-18(2)16-10-6-5-9-15(16)17/h3-4,7-8,15-16H,5-6,9-12H2,1-2H3/t15-,16-/m1/s1. The summed E-state index contributed by atoms with van der Waals surface area (Å²) >= 11 is 0. The van der Waals surface area contributed by atoms with E-state index in [4.69, 9.17) is 0 Å². The fourth-order valence-corrected chi connectivity index (χ4v) is 3.76. The summed E-state index contributed by atoms with van der Waals surface area (Å²) < 4.78 is 0. The monoisotopic (exact) mass is 244 g/mol. The molecule has 0 radical (unpaired) electrons. The molecule has 1 saturated carbocycles. The van der Waals surface area contributed by atoms with Gasteiger partial charge in [-0.25, -0.2) is 0 Å². The highest BCUT2D eigenvalue weighted by Crippen LogP contribution is 2.30. The Kier molecular flexibility index (Phi) is 3.40. The summed E-state index contributed by atoms with van der Waals surface area (Å²) in [6.07, 6.45) is 5.54. The van der Waals surface area contributed by atoms with Crippen LogP contribution >= 0.6 is 0 Å². The third kappa shape index (κ3) is 2.19. The summed E-state index contributed by atoms with van der Waals surface area (Å²) in [6, 6.07) is 10.4. The molecule has 1 aromatic rings. The molecule has 2 atom stereocenters. The van der Waals surface area contributed by atoms with E-state index in [0.717, 1.165) is 25.2 Å². The van der Waals surface area contributed by atoms with Gasteiger partial charge in [0.25, 0.3) is 0 Å². The minimum atomic E-state index is 0.747. The summed E-state index contributed by atoms with van der Waals surface area (Å²) in [5.74, 6) is 0. The first-order valence-electron chi connectivity index (χ1n) is 7.23. The summed E-state index contributed by atoms with van der Waals surface area (Å²) in [6.45, 7) is 2.23. The van der Waals surface area contributed by atoms with Gasteiger partial charge in [-0.3, -0.25) is 9.80 Å². The van der Waals surface area contributed by atoms with Gasteiger partial charge in [0.05, 0.1) is 0 Å². The van der Waals surface area contributed by atoms with Crippen LogP contribution in [0.5, 0.6) is 0 Å². The molecule has 0 unspecified atom stereocenters. The third-order valence-electron chi connectivity index (χ3n) is 4.78. The summed E-state index contributed by atoms with van der Waals surface area (Å²) in [5, 5.41) is 0. The molecule has 0 aromatic heterocycles. The lowest BCUT2D eigenvalue weighted by atomic mass is 9.86. The molecule has 3 rings (SSSR count). The molecule has 1 heterocycles. The molecular formula is C16H24N2. The Morgan fingerprint density at radius 1 is 0.833 bits per heavy atom. The van der Waals surface area contributed by atoms with Crippen molar-refractivity contribution in [3.05, 3.63) is 35.4 Å². The van der Waals surface area contributed by atoms with Crippen molar-refractivity contribution in [1.82, 2.24) is 9.80 Å². The average Bonchev–Trinajstić information content (AvgIpc) is 2.39. The zero-order valence-electron chi connectivity index (χ0n) is 11.6. The maximum absolute atomic E-state index is 2.58. The normalized spacial score (nSPS) is 30.1. The van der Waals surface area contributed by atoms with Crippen molar-refractivity contribution in [2.24, 2.45) is 0 Å². The first kappa shape index (κ1) is 12.2. The number of hydrogen-bond donors (Lipinski definition) is 0. The van der Waals surface area contributed by atoms with E-state index in [1.54, 1.807) is 0 Å². The van der Waals surface area contributed by atoms with Gasteiger partial charge in [0, 0.05) is 25.2 Å². The van der Waals surface area contributed by atoms with E-state index in [1.807, 2.05) is 0 Å². The molecule has 0 saturated heterocycles. The van der Waals surface area contributed by atoms with Gasteiger partial charge in [-0.2, -0.15) is 0 Å². The lowest BCUT2D eigenvalue weighted by Crippen LogP contribution is -2.51. The van der Waals surface area contributed by atoms with Crippen LogP contribution in [0.3, 0.4) is 0 Å². The zero-order valence-corrected chi connectivity index (χ0v) is 11.6. The van der Waals surface area contributed by atoms with Gasteiger partial charge in [0.2, 0.25) is 0 Å².